The zero-order valence-electron chi connectivity index (χ0n) is 19.0. The third kappa shape index (κ3) is 4.95. The van der Waals surface area contributed by atoms with Crippen molar-refractivity contribution >= 4 is 32.6 Å². The first-order valence-corrected chi connectivity index (χ1v) is 11.7. The number of likely N-dealkylation sites (N-methyl/N-ethyl adjacent to an activating group) is 1. The Labute approximate surface area is 188 Å². The highest BCUT2D eigenvalue weighted by atomic mass is 32.2. The Morgan fingerprint density at radius 3 is 2.50 bits per heavy atom. The molecule has 0 radical (unpaired) electrons. The molecule has 0 saturated carbocycles. The van der Waals surface area contributed by atoms with Gasteiger partial charge in [0.25, 0.3) is 0 Å². The molecule has 1 N–H and O–H groups in total. The number of amides is 1. The number of sulfonamides is 1. The second-order valence-corrected chi connectivity index (χ2v) is 9.75. The van der Waals surface area contributed by atoms with Gasteiger partial charge in [0.05, 0.1) is 19.7 Å². The van der Waals surface area contributed by atoms with E-state index in [-0.39, 0.29) is 29.1 Å². The minimum atomic E-state index is -3.73. The second-order valence-electron chi connectivity index (χ2n) is 7.63. The largest absolute Gasteiger partial charge is 0.495 e. The summed E-state index contributed by atoms with van der Waals surface area (Å²) in [7, 11) is 0.556. The Kier molecular flexibility index (Phi) is 7.22. The number of nitrogens with zero attached hydrogens (tertiary/aromatic N) is 2. The SMILES string of the molecule is CCN(CC(=O)Nc1ccc(OC)c(S(=O)(=O)N(C)C)c1)C(C)c1cc2ccccc2o1. The van der Waals surface area contributed by atoms with Crippen molar-refractivity contribution < 1.29 is 22.4 Å². The lowest BCUT2D eigenvalue weighted by molar-refractivity contribution is -0.117. The number of carbonyl (C=O) groups excluding carboxylic acids is 1. The number of methoxy groups -OCH3 is 1. The molecule has 9 heteroatoms. The van der Waals surface area contributed by atoms with E-state index >= 15 is 0 Å². The van der Waals surface area contributed by atoms with Crippen LogP contribution in [0.1, 0.15) is 25.6 Å². The van der Waals surface area contributed by atoms with Crippen LogP contribution in [0.5, 0.6) is 5.75 Å². The van der Waals surface area contributed by atoms with Gasteiger partial charge in [0.1, 0.15) is 22.0 Å². The number of rotatable bonds is 9. The molecule has 0 saturated heterocycles. The summed E-state index contributed by atoms with van der Waals surface area (Å²) in [5.74, 6) is 0.739. The van der Waals surface area contributed by atoms with E-state index in [9.17, 15) is 13.2 Å². The van der Waals surface area contributed by atoms with Gasteiger partial charge >= 0.3 is 0 Å². The molecule has 3 rings (SSSR count). The molecule has 1 amide bonds. The maximum atomic E-state index is 12.8. The monoisotopic (exact) mass is 459 g/mol. The molecule has 32 heavy (non-hydrogen) atoms. The molecule has 0 fully saturated rings. The number of anilines is 1. The Balaban J connectivity index is 1.76. The van der Waals surface area contributed by atoms with Gasteiger partial charge in [0.2, 0.25) is 15.9 Å². The lowest BCUT2D eigenvalue weighted by atomic mass is 10.2. The fraction of sp³-hybridized carbons (Fsp3) is 0.348. The van der Waals surface area contributed by atoms with Gasteiger partial charge in [-0.1, -0.05) is 25.1 Å². The number of carbonyl (C=O) groups is 1. The number of nitrogens with one attached hydrogen (secondary N) is 1. The highest BCUT2D eigenvalue weighted by molar-refractivity contribution is 7.89. The van der Waals surface area contributed by atoms with Crippen molar-refractivity contribution in [2.75, 3.05) is 39.6 Å². The highest BCUT2D eigenvalue weighted by Crippen LogP contribution is 2.30. The van der Waals surface area contributed by atoms with E-state index in [1.807, 2.05) is 49.1 Å². The van der Waals surface area contributed by atoms with E-state index < -0.39 is 10.0 Å². The summed E-state index contributed by atoms with van der Waals surface area (Å²) in [6.45, 7) is 4.72. The molecule has 3 aromatic rings. The van der Waals surface area contributed by atoms with Crippen molar-refractivity contribution in [3.63, 3.8) is 0 Å². The normalized spacial score (nSPS) is 13.0. The fourth-order valence-corrected chi connectivity index (χ4v) is 4.52. The molecule has 0 aliphatic carbocycles. The predicted molar refractivity (Wildman–Crippen MR) is 124 cm³/mol. The Hall–Kier alpha value is -2.88. The summed E-state index contributed by atoms with van der Waals surface area (Å²) in [6.07, 6.45) is 0. The van der Waals surface area contributed by atoms with Crippen molar-refractivity contribution in [3.8, 4) is 5.75 Å². The quantitative estimate of drug-likeness (QED) is 0.524. The van der Waals surface area contributed by atoms with E-state index in [4.69, 9.17) is 9.15 Å². The van der Waals surface area contributed by atoms with Gasteiger partial charge in [0, 0.05) is 25.2 Å². The van der Waals surface area contributed by atoms with E-state index in [0.717, 1.165) is 21.0 Å². The summed E-state index contributed by atoms with van der Waals surface area (Å²) in [4.78, 5) is 14.7. The first kappa shape index (κ1) is 23.8. The molecular formula is C23H29N3O5S. The first-order valence-electron chi connectivity index (χ1n) is 10.3. The summed E-state index contributed by atoms with van der Waals surface area (Å²) in [5, 5.41) is 3.81. The molecule has 0 bridgehead atoms. The summed E-state index contributed by atoms with van der Waals surface area (Å²) >= 11 is 0. The van der Waals surface area contributed by atoms with Crippen LogP contribution in [0.3, 0.4) is 0 Å². The third-order valence-corrected chi connectivity index (χ3v) is 7.20. The second kappa shape index (κ2) is 9.72. The molecule has 1 atom stereocenters. The number of furan rings is 1. The van der Waals surface area contributed by atoms with Crippen LogP contribution in [0.25, 0.3) is 11.0 Å². The van der Waals surface area contributed by atoms with Crippen molar-refractivity contribution in [3.05, 3.63) is 54.3 Å². The predicted octanol–water partition coefficient (Wildman–Crippen LogP) is 3.71. The van der Waals surface area contributed by atoms with Gasteiger partial charge in [-0.15, -0.1) is 0 Å². The van der Waals surface area contributed by atoms with Crippen LogP contribution in [-0.2, 0) is 14.8 Å². The van der Waals surface area contributed by atoms with Crippen molar-refractivity contribution in [1.29, 1.82) is 0 Å². The fourth-order valence-electron chi connectivity index (χ4n) is 3.45. The standard InChI is InChI=1S/C23H29N3O5S/c1-6-26(16(2)21-13-17-9-7-8-10-19(17)31-21)15-23(27)24-18-11-12-20(30-5)22(14-18)32(28,29)25(3)4/h7-14,16H,6,15H2,1-5H3,(H,24,27). The lowest BCUT2D eigenvalue weighted by Gasteiger charge is -2.25. The summed E-state index contributed by atoms with van der Waals surface area (Å²) in [6, 6.07) is 14.2. The average Bonchev–Trinajstić information content (AvgIpc) is 3.21. The number of para-hydroxylation sites is 1. The van der Waals surface area contributed by atoms with Crippen LogP contribution in [0.4, 0.5) is 5.69 Å². The summed E-state index contributed by atoms with van der Waals surface area (Å²) < 4.78 is 37.5. The van der Waals surface area contributed by atoms with Gasteiger partial charge in [0.15, 0.2) is 0 Å². The Bertz CT molecular complexity index is 1170. The topological polar surface area (TPSA) is 92.1 Å². The minimum absolute atomic E-state index is 0.00853. The Morgan fingerprint density at radius 1 is 1.16 bits per heavy atom. The van der Waals surface area contributed by atoms with Crippen LogP contribution >= 0.6 is 0 Å². The average molecular weight is 460 g/mol. The molecule has 0 aliphatic rings. The third-order valence-electron chi connectivity index (χ3n) is 5.36. The smallest absolute Gasteiger partial charge is 0.246 e. The number of benzene rings is 2. The van der Waals surface area contributed by atoms with Gasteiger partial charge in [-0.25, -0.2) is 12.7 Å². The molecule has 0 aliphatic heterocycles. The van der Waals surface area contributed by atoms with E-state index in [1.54, 1.807) is 6.07 Å². The zero-order valence-corrected chi connectivity index (χ0v) is 19.8. The molecule has 2 aromatic carbocycles. The molecule has 1 heterocycles. The highest BCUT2D eigenvalue weighted by Gasteiger charge is 2.24. The van der Waals surface area contributed by atoms with Crippen molar-refractivity contribution in [1.82, 2.24) is 9.21 Å². The lowest BCUT2D eigenvalue weighted by Crippen LogP contribution is -2.35. The van der Waals surface area contributed by atoms with Crippen LogP contribution in [0.15, 0.2) is 57.8 Å². The number of hydrogen-bond donors (Lipinski definition) is 1. The van der Waals surface area contributed by atoms with Crippen molar-refractivity contribution in [2.24, 2.45) is 0 Å². The van der Waals surface area contributed by atoms with Gasteiger partial charge < -0.3 is 14.5 Å². The van der Waals surface area contributed by atoms with Crippen LogP contribution in [0, 0.1) is 0 Å². The molecule has 1 unspecified atom stereocenters. The van der Waals surface area contributed by atoms with Crippen LogP contribution < -0.4 is 10.1 Å². The van der Waals surface area contributed by atoms with Crippen molar-refractivity contribution in [2.45, 2.75) is 24.8 Å². The first-order chi connectivity index (χ1) is 15.2. The van der Waals surface area contributed by atoms with E-state index in [1.165, 1.54) is 33.3 Å². The maximum absolute atomic E-state index is 12.8. The Morgan fingerprint density at radius 2 is 1.88 bits per heavy atom. The van der Waals surface area contributed by atoms with E-state index in [0.29, 0.717) is 12.2 Å². The molecule has 172 valence electrons. The van der Waals surface area contributed by atoms with Gasteiger partial charge in [-0.05, 0) is 43.8 Å². The van der Waals surface area contributed by atoms with Gasteiger partial charge in [-0.2, -0.15) is 0 Å². The number of ether oxygens (including phenoxy) is 1. The summed E-state index contributed by atoms with van der Waals surface area (Å²) in [5.41, 5.74) is 1.19. The maximum Gasteiger partial charge on any atom is 0.246 e. The number of fused-ring (bicyclic) bond motifs is 1. The molecular weight excluding hydrogens is 430 g/mol. The number of hydrogen-bond acceptors (Lipinski definition) is 6. The van der Waals surface area contributed by atoms with Gasteiger partial charge in [-0.3, -0.25) is 9.69 Å². The van der Waals surface area contributed by atoms with E-state index in [2.05, 4.69) is 5.32 Å². The molecule has 0 spiro atoms. The minimum Gasteiger partial charge on any atom is -0.495 e. The zero-order chi connectivity index (χ0) is 23.5. The molecule has 1 aromatic heterocycles. The van der Waals surface area contributed by atoms with Crippen LogP contribution in [-0.4, -0.2) is 57.8 Å². The molecule has 8 nitrogen and oxygen atoms in total. The van der Waals surface area contributed by atoms with Crippen LogP contribution in [0.2, 0.25) is 0 Å².